The Morgan fingerprint density at radius 1 is 1.12 bits per heavy atom. The first-order valence-corrected chi connectivity index (χ1v) is 7.78. The Balaban J connectivity index is 2.42. The summed E-state index contributed by atoms with van der Waals surface area (Å²) in [5.74, 6) is 2.68. The molecule has 0 spiro atoms. The first-order valence-electron chi connectivity index (χ1n) is 7.35. The van der Waals surface area contributed by atoms with Crippen molar-refractivity contribution in [2.45, 2.75) is 77.5 Å². The predicted molar refractivity (Wildman–Crippen MR) is 74.1 cm³/mol. The van der Waals surface area contributed by atoms with Crippen LogP contribution < -0.4 is 0 Å². The van der Waals surface area contributed by atoms with Gasteiger partial charge in [0.1, 0.15) is 0 Å². The summed E-state index contributed by atoms with van der Waals surface area (Å²) in [4.78, 5) is 0. The van der Waals surface area contributed by atoms with Crippen molar-refractivity contribution in [2.24, 2.45) is 17.8 Å². The molecular formula is C15H29Cl. The molecule has 3 atom stereocenters. The largest absolute Gasteiger partial charge is 0.123 e. The second kappa shape index (κ2) is 7.58. The minimum Gasteiger partial charge on any atom is -0.123 e. The third-order valence-corrected chi connectivity index (χ3v) is 5.06. The lowest BCUT2D eigenvalue weighted by atomic mass is 9.75. The van der Waals surface area contributed by atoms with E-state index < -0.39 is 0 Å². The van der Waals surface area contributed by atoms with Crippen molar-refractivity contribution in [3.05, 3.63) is 0 Å². The molecule has 0 N–H and O–H groups in total. The maximum atomic E-state index is 6.51. The highest BCUT2D eigenvalue weighted by molar-refractivity contribution is 6.20. The van der Waals surface area contributed by atoms with Gasteiger partial charge in [-0.2, -0.15) is 0 Å². The lowest BCUT2D eigenvalue weighted by Crippen LogP contribution is -2.27. The van der Waals surface area contributed by atoms with E-state index in [0.29, 0.717) is 5.38 Å². The fourth-order valence-electron chi connectivity index (χ4n) is 3.29. The molecule has 1 saturated carbocycles. The summed E-state index contributed by atoms with van der Waals surface area (Å²) < 4.78 is 0. The second-order valence-electron chi connectivity index (χ2n) is 5.66. The number of hydrogen-bond acceptors (Lipinski definition) is 0. The zero-order chi connectivity index (χ0) is 12.0. The molecular weight excluding hydrogens is 216 g/mol. The van der Waals surface area contributed by atoms with Crippen molar-refractivity contribution in [1.29, 1.82) is 0 Å². The first-order chi connectivity index (χ1) is 7.71. The lowest BCUT2D eigenvalue weighted by molar-refractivity contribution is 0.218. The third-order valence-electron chi connectivity index (χ3n) is 4.49. The van der Waals surface area contributed by atoms with Crippen LogP contribution in [0.5, 0.6) is 0 Å². The minimum atomic E-state index is 0.466. The number of hydrogen-bond donors (Lipinski definition) is 0. The Morgan fingerprint density at radius 3 is 2.38 bits per heavy atom. The zero-order valence-corrected chi connectivity index (χ0v) is 12.1. The molecule has 0 aromatic rings. The molecule has 3 unspecified atom stereocenters. The molecule has 1 rings (SSSR count). The summed E-state index contributed by atoms with van der Waals surface area (Å²) in [6.07, 6.45) is 10.8. The monoisotopic (exact) mass is 244 g/mol. The molecule has 96 valence electrons. The Kier molecular flexibility index (Phi) is 6.80. The van der Waals surface area contributed by atoms with Gasteiger partial charge in [0.2, 0.25) is 0 Å². The van der Waals surface area contributed by atoms with Crippen LogP contribution in [0.15, 0.2) is 0 Å². The van der Waals surface area contributed by atoms with E-state index in [4.69, 9.17) is 11.6 Å². The van der Waals surface area contributed by atoms with Crippen LogP contribution in [0.3, 0.4) is 0 Å². The van der Waals surface area contributed by atoms with Crippen LogP contribution in [0, 0.1) is 17.8 Å². The zero-order valence-electron chi connectivity index (χ0n) is 11.3. The van der Waals surface area contributed by atoms with Crippen LogP contribution in [0.25, 0.3) is 0 Å². The van der Waals surface area contributed by atoms with Gasteiger partial charge < -0.3 is 0 Å². The van der Waals surface area contributed by atoms with Gasteiger partial charge in [-0.3, -0.25) is 0 Å². The number of alkyl halides is 1. The Hall–Kier alpha value is 0.290. The third kappa shape index (κ3) is 4.28. The summed E-state index contributed by atoms with van der Waals surface area (Å²) in [7, 11) is 0. The summed E-state index contributed by atoms with van der Waals surface area (Å²) in [5, 5.41) is 0.466. The molecule has 0 heterocycles. The van der Waals surface area contributed by atoms with Crippen LogP contribution in [-0.4, -0.2) is 5.38 Å². The Bertz CT molecular complexity index is 174. The smallest absolute Gasteiger partial charge is 0.0364 e. The van der Waals surface area contributed by atoms with Crippen molar-refractivity contribution < 1.29 is 0 Å². The van der Waals surface area contributed by atoms with Gasteiger partial charge in [-0.05, 0) is 43.4 Å². The van der Waals surface area contributed by atoms with Crippen molar-refractivity contribution >= 4 is 11.6 Å². The van der Waals surface area contributed by atoms with E-state index in [1.165, 1.54) is 51.4 Å². The molecule has 0 amide bonds. The maximum Gasteiger partial charge on any atom is 0.0364 e. The SMILES string of the molecule is CCCC1CCC(Cl)C(CC(CC)CC)C1. The Labute approximate surface area is 107 Å². The van der Waals surface area contributed by atoms with Crippen LogP contribution in [0.2, 0.25) is 0 Å². The van der Waals surface area contributed by atoms with E-state index in [1.54, 1.807) is 0 Å². The van der Waals surface area contributed by atoms with E-state index in [-0.39, 0.29) is 0 Å². The molecule has 0 aliphatic heterocycles. The maximum absolute atomic E-state index is 6.51. The average Bonchev–Trinajstić information content (AvgIpc) is 2.30. The second-order valence-corrected chi connectivity index (χ2v) is 6.22. The topological polar surface area (TPSA) is 0 Å². The highest BCUT2D eigenvalue weighted by atomic mass is 35.5. The number of halogens is 1. The average molecular weight is 245 g/mol. The van der Waals surface area contributed by atoms with Crippen molar-refractivity contribution in [3.63, 3.8) is 0 Å². The number of rotatable bonds is 6. The highest BCUT2D eigenvalue weighted by Crippen LogP contribution is 2.39. The lowest BCUT2D eigenvalue weighted by Gasteiger charge is -2.34. The fourth-order valence-corrected chi connectivity index (χ4v) is 3.62. The molecule has 1 aliphatic rings. The molecule has 0 aromatic carbocycles. The molecule has 0 aromatic heterocycles. The van der Waals surface area contributed by atoms with E-state index in [2.05, 4.69) is 20.8 Å². The predicted octanol–water partition coefficient (Wildman–Crippen LogP) is 5.64. The van der Waals surface area contributed by atoms with Gasteiger partial charge in [0.05, 0.1) is 0 Å². The fraction of sp³-hybridized carbons (Fsp3) is 1.00. The van der Waals surface area contributed by atoms with E-state index in [0.717, 1.165) is 17.8 Å². The molecule has 0 saturated heterocycles. The van der Waals surface area contributed by atoms with E-state index in [9.17, 15) is 0 Å². The summed E-state index contributed by atoms with van der Waals surface area (Å²) >= 11 is 6.51. The van der Waals surface area contributed by atoms with Crippen LogP contribution in [0.1, 0.15) is 72.1 Å². The highest BCUT2D eigenvalue weighted by Gasteiger charge is 2.29. The molecule has 0 nitrogen and oxygen atoms in total. The van der Waals surface area contributed by atoms with E-state index in [1.807, 2.05) is 0 Å². The molecule has 1 heteroatoms. The normalized spacial score (nSPS) is 30.9. The van der Waals surface area contributed by atoms with Gasteiger partial charge in [-0.1, -0.05) is 46.5 Å². The van der Waals surface area contributed by atoms with Crippen LogP contribution in [0.4, 0.5) is 0 Å². The minimum absolute atomic E-state index is 0.466. The standard InChI is InChI=1S/C15H29Cl/c1-4-7-13-8-9-15(16)14(11-13)10-12(5-2)6-3/h12-15H,4-11H2,1-3H3. The van der Waals surface area contributed by atoms with Crippen molar-refractivity contribution in [1.82, 2.24) is 0 Å². The first kappa shape index (κ1) is 14.4. The molecule has 0 bridgehead atoms. The molecule has 1 fully saturated rings. The van der Waals surface area contributed by atoms with Crippen molar-refractivity contribution in [2.75, 3.05) is 0 Å². The van der Waals surface area contributed by atoms with E-state index >= 15 is 0 Å². The van der Waals surface area contributed by atoms with Crippen LogP contribution >= 0.6 is 11.6 Å². The molecule has 0 radical (unpaired) electrons. The van der Waals surface area contributed by atoms with Crippen molar-refractivity contribution in [3.8, 4) is 0 Å². The Morgan fingerprint density at radius 2 is 1.81 bits per heavy atom. The van der Waals surface area contributed by atoms with Gasteiger partial charge in [-0.25, -0.2) is 0 Å². The van der Waals surface area contributed by atoms with Gasteiger partial charge in [0.15, 0.2) is 0 Å². The quantitative estimate of drug-likeness (QED) is 0.531. The van der Waals surface area contributed by atoms with Gasteiger partial charge in [-0.15, -0.1) is 11.6 Å². The van der Waals surface area contributed by atoms with Gasteiger partial charge in [0, 0.05) is 5.38 Å². The summed E-state index contributed by atoms with van der Waals surface area (Å²) in [6, 6.07) is 0. The van der Waals surface area contributed by atoms with Gasteiger partial charge in [0.25, 0.3) is 0 Å². The van der Waals surface area contributed by atoms with Crippen LogP contribution in [-0.2, 0) is 0 Å². The summed E-state index contributed by atoms with van der Waals surface area (Å²) in [6.45, 7) is 6.95. The van der Waals surface area contributed by atoms with Gasteiger partial charge >= 0.3 is 0 Å². The summed E-state index contributed by atoms with van der Waals surface area (Å²) in [5.41, 5.74) is 0. The molecule has 16 heavy (non-hydrogen) atoms. The molecule has 1 aliphatic carbocycles.